The van der Waals surface area contributed by atoms with Crippen molar-refractivity contribution in [1.82, 2.24) is 15.1 Å². The van der Waals surface area contributed by atoms with Crippen molar-refractivity contribution in [2.75, 3.05) is 32.7 Å². The van der Waals surface area contributed by atoms with Crippen LogP contribution in [0.3, 0.4) is 0 Å². The molecule has 0 radical (unpaired) electrons. The molecule has 3 N–H and O–H groups in total. The minimum atomic E-state index is -0.516. The van der Waals surface area contributed by atoms with Crippen molar-refractivity contribution in [2.45, 2.75) is 32.9 Å². The molecule has 0 spiro atoms. The highest BCUT2D eigenvalue weighted by Gasteiger charge is 2.26. The number of hydrogen-bond donors (Lipinski definition) is 2. The molecule has 2 heterocycles. The van der Waals surface area contributed by atoms with Crippen LogP contribution in [0.5, 0.6) is 0 Å². The Labute approximate surface area is 176 Å². The second-order valence-corrected chi connectivity index (χ2v) is 6.98. The normalized spacial score (nSPS) is 15.1. The van der Waals surface area contributed by atoms with Gasteiger partial charge in [0.25, 0.3) is 0 Å². The number of furan rings is 1. The first-order valence-electron chi connectivity index (χ1n) is 8.56. The summed E-state index contributed by atoms with van der Waals surface area (Å²) in [6, 6.07) is 3.54. The molecule has 0 bridgehead atoms. The van der Waals surface area contributed by atoms with Crippen LogP contribution in [0.1, 0.15) is 26.5 Å². The van der Waals surface area contributed by atoms with Crippen molar-refractivity contribution in [3.05, 3.63) is 24.2 Å². The maximum Gasteiger partial charge on any atom is 0.410 e. The fourth-order valence-corrected chi connectivity index (χ4v) is 2.35. The third-order valence-corrected chi connectivity index (χ3v) is 3.68. The van der Waals surface area contributed by atoms with E-state index in [9.17, 15) is 9.59 Å². The highest BCUT2D eigenvalue weighted by Crippen LogP contribution is 2.11. The van der Waals surface area contributed by atoms with Crippen LogP contribution in [0.4, 0.5) is 4.79 Å². The van der Waals surface area contributed by atoms with Gasteiger partial charge in [0, 0.05) is 26.2 Å². The van der Waals surface area contributed by atoms with Crippen LogP contribution in [0.2, 0.25) is 0 Å². The van der Waals surface area contributed by atoms with Gasteiger partial charge in [0.1, 0.15) is 17.9 Å². The number of carbonyl (C=O) groups excluding carboxylic acids is 2. The molecule has 0 aromatic carbocycles. The zero-order chi connectivity index (χ0) is 19.2. The molecule has 1 aromatic rings. The van der Waals surface area contributed by atoms with E-state index in [0.29, 0.717) is 44.4 Å². The lowest BCUT2D eigenvalue weighted by molar-refractivity contribution is -0.119. The van der Waals surface area contributed by atoms with Gasteiger partial charge in [0.05, 0.1) is 12.8 Å². The van der Waals surface area contributed by atoms with E-state index >= 15 is 0 Å². The van der Waals surface area contributed by atoms with Crippen LogP contribution >= 0.6 is 24.0 Å². The average molecular weight is 493 g/mol. The number of nitrogens with zero attached hydrogens (tertiary/aromatic N) is 3. The monoisotopic (exact) mass is 493 g/mol. The number of aliphatic imine (C=N–C) groups is 1. The van der Waals surface area contributed by atoms with E-state index in [1.807, 2.05) is 25.7 Å². The number of halogens is 1. The molecule has 10 heteroatoms. The summed E-state index contributed by atoms with van der Waals surface area (Å²) in [6.07, 6.45) is 1.22. The fourth-order valence-electron chi connectivity index (χ4n) is 2.35. The van der Waals surface area contributed by atoms with E-state index in [1.54, 1.807) is 23.3 Å². The predicted molar refractivity (Wildman–Crippen MR) is 112 cm³/mol. The molecule has 0 atom stereocenters. The molecule has 1 saturated heterocycles. The van der Waals surface area contributed by atoms with Crippen molar-refractivity contribution in [3.63, 3.8) is 0 Å². The van der Waals surface area contributed by atoms with Crippen LogP contribution in [0.25, 0.3) is 0 Å². The highest BCUT2D eigenvalue weighted by atomic mass is 127. The Kier molecular flexibility index (Phi) is 8.86. The molecular formula is C17H28IN5O4. The number of nitrogens with one attached hydrogen (secondary N) is 1. The van der Waals surface area contributed by atoms with E-state index in [2.05, 4.69) is 10.3 Å². The molecular weight excluding hydrogens is 465 g/mol. The number of carbonyl (C=O) groups is 2. The topological polar surface area (TPSA) is 113 Å². The Bertz CT molecular complexity index is 634. The summed E-state index contributed by atoms with van der Waals surface area (Å²) in [5.74, 6) is 0.729. The molecule has 1 aromatic heterocycles. The minimum absolute atomic E-state index is 0. The first-order valence-corrected chi connectivity index (χ1v) is 8.56. The van der Waals surface area contributed by atoms with Gasteiger partial charge in [0.15, 0.2) is 5.96 Å². The molecule has 0 saturated carbocycles. The number of ether oxygens (including phenoxy) is 1. The van der Waals surface area contributed by atoms with Gasteiger partial charge in [-0.25, -0.2) is 9.79 Å². The lowest BCUT2D eigenvalue weighted by Crippen LogP contribution is -2.53. The van der Waals surface area contributed by atoms with Crippen LogP contribution in [0, 0.1) is 0 Å². The third-order valence-electron chi connectivity index (χ3n) is 3.68. The summed E-state index contributed by atoms with van der Waals surface area (Å²) in [6.45, 7) is 7.85. The van der Waals surface area contributed by atoms with Gasteiger partial charge in [-0.15, -0.1) is 24.0 Å². The number of nitrogens with two attached hydrogens (primary N) is 1. The average Bonchev–Trinajstić information content (AvgIpc) is 3.10. The van der Waals surface area contributed by atoms with Crippen LogP contribution in [-0.2, 0) is 16.1 Å². The Balaban J connectivity index is 0.00000364. The summed E-state index contributed by atoms with van der Waals surface area (Å²) < 4.78 is 10.5. The van der Waals surface area contributed by atoms with Gasteiger partial charge in [-0.2, -0.15) is 0 Å². The van der Waals surface area contributed by atoms with Crippen molar-refractivity contribution < 1.29 is 18.7 Å². The number of hydrogen-bond acceptors (Lipinski definition) is 5. The van der Waals surface area contributed by atoms with Crippen LogP contribution < -0.4 is 11.1 Å². The first-order chi connectivity index (χ1) is 12.2. The number of rotatable bonds is 4. The Hall–Kier alpha value is -1.98. The highest BCUT2D eigenvalue weighted by molar-refractivity contribution is 14.0. The van der Waals surface area contributed by atoms with E-state index in [1.165, 1.54) is 0 Å². The molecule has 2 amide bonds. The Morgan fingerprint density at radius 2 is 1.89 bits per heavy atom. The molecule has 1 fully saturated rings. The largest absolute Gasteiger partial charge is 0.467 e. The van der Waals surface area contributed by atoms with E-state index < -0.39 is 5.60 Å². The van der Waals surface area contributed by atoms with Crippen LogP contribution in [0.15, 0.2) is 27.8 Å². The summed E-state index contributed by atoms with van der Waals surface area (Å²) in [7, 11) is 0. The number of piperazine rings is 1. The minimum Gasteiger partial charge on any atom is -0.467 e. The lowest BCUT2D eigenvalue weighted by Gasteiger charge is -2.36. The van der Waals surface area contributed by atoms with E-state index in [4.69, 9.17) is 14.9 Å². The zero-order valence-electron chi connectivity index (χ0n) is 15.9. The molecule has 0 unspecified atom stereocenters. The molecule has 1 aliphatic rings. The van der Waals surface area contributed by atoms with Gasteiger partial charge < -0.3 is 30.0 Å². The molecule has 152 valence electrons. The van der Waals surface area contributed by atoms with Gasteiger partial charge in [-0.1, -0.05) is 0 Å². The second kappa shape index (κ2) is 10.4. The molecule has 2 rings (SSSR count). The van der Waals surface area contributed by atoms with Gasteiger partial charge in [0.2, 0.25) is 5.91 Å². The quantitative estimate of drug-likeness (QED) is 0.372. The second-order valence-electron chi connectivity index (χ2n) is 6.98. The van der Waals surface area contributed by atoms with Crippen LogP contribution in [-0.4, -0.2) is 66.1 Å². The van der Waals surface area contributed by atoms with E-state index in [-0.39, 0.29) is 42.5 Å². The van der Waals surface area contributed by atoms with Gasteiger partial charge in [-0.05, 0) is 32.9 Å². The van der Waals surface area contributed by atoms with Crippen molar-refractivity contribution in [2.24, 2.45) is 10.7 Å². The Morgan fingerprint density at radius 1 is 1.26 bits per heavy atom. The SMILES string of the molecule is CC(C)(C)OC(=O)N1CCN(C(N)=NCC(=O)NCc2ccco2)CC1.I. The summed E-state index contributed by atoms with van der Waals surface area (Å²) >= 11 is 0. The van der Waals surface area contributed by atoms with Crippen molar-refractivity contribution in [3.8, 4) is 0 Å². The lowest BCUT2D eigenvalue weighted by atomic mass is 10.2. The standard InChI is InChI=1S/C17H27N5O4.HI/c1-17(2,3)26-16(24)22-8-6-21(7-9-22)15(18)20-12-14(23)19-11-13-5-4-10-25-13;/h4-5,10H,6-9,11-12H2,1-3H3,(H2,18,20)(H,19,23);1H. The first kappa shape index (κ1) is 23.1. The zero-order valence-corrected chi connectivity index (χ0v) is 18.3. The summed E-state index contributed by atoms with van der Waals surface area (Å²) in [4.78, 5) is 31.4. The third kappa shape index (κ3) is 8.06. The van der Waals surface area contributed by atoms with Gasteiger partial charge >= 0.3 is 6.09 Å². The summed E-state index contributed by atoms with van der Waals surface area (Å²) in [5.41, 5.74) is 5.44. The molecule has 27 heavy (non-hydrogen) atoms. The molecule has 0 aliphatic carbocycles. The van der Waals surface area contributed by atoms with E-state index in [0.717, 1.165) is 0 Å². The van der Waals surface area contributed by atoms with Crippen molar-refractivity contribution in [1.29, 1.82) is 0 Å². The summed E-state index contributed by atoms with van der Waals surface area (Å²) in [5, 5.41) is 2.70. The smallest absolute Gasteiger partial charge is 0.410 e. The fraction of sp³-hybridized carbons (Fsp3) is 0.588. The number of guanidine groups is 1. The molecule has 9 nitrogen and oxygen atoms in total. The predicted octanol–water partition coefficient (Wildman–Crippen LogP) is 1.38. The maximum absolute atomic E-state index is 12.0. The van der Waals surface area contributed by atoms with Gasteiger partial charge in [-0.3, -0.25) is 4.79 Å². The maximum atomic E-state index is 12.0. The van der Waals surface area contributed by atoms with Crippen molar-refractivity contribution >= 4 is 41.9 Å². The molecule has 1 aliphatic heterocycles. The number of amides is 2. The Morgan fingerprint density at radius 3 is 2.44 bits per heavy atom.